The van der Waals surface area contributed by atoms with Gasteiger partial charge in [0.1, 0.15) is 17.0 Å². The lowest BCUT2D eigenvalue weighted by Crippen LogP contribution is -2.27. The number of nitrogens with one attached hydrogen (secondary N) is 1. The standard InChI is InChI=1S/C17H18F3N7O3S.H2/c1-5-31(29,30)10-6-7-12(23-16(28)26(2)3)22-13(10)15-21-9-8-11(17(18,19)20)24-25-14(9)27(15)4;/h6-8H,5H2,1-4H3,(H,22,23,28);1H. The first-order valence-electron chi connectivity index (χ1n) is 8.85. The number of amides is 2. The number of hydrogen-bond donors (Lipinski definition) is 1. The molecule has 0 unspecified atom stereocenters. The van der Waals surface area contributed by atoms with Crippen molar-refractivity contribution >= 4 is 32.9 Å². The Balaban J connectivity index is 0.00000363. The van der Waals surface area contributed by atoms with Crippen molar-refractivity contribution in [3.8, 4) is 11.5 Å². The molecule has 0 atom stereocenters. The number of aromatic nitrogens is 5. The van der Waals surface area contributed by atoms with Crippen molar-refractivity contribution in [2.45, 2.75) is 18.0 Å². The van der Waals surface area contributed by atoms with E-state index in [9.17, 15) is 26.4 Å². The molecule has 3 rings (SSSR count). The van der Waals surface area contributed by atoms with E-state index >= 15 is 0 Å². The van der Waals surface area contributed by atoms with Crippen molar-refractivity contribution in [3.63, 3.8) is 0 Å². The minimum Gasteiger partial charge on any atom is -0.331 e. The van der Waals surface area contributed by atoms with E-state index in [0.29, 0.717) is 0 Å². The molecule has 0 aliphatic heterocycles. The molecule has 0 bridgehead atoms. The number of carbonyl (C=O) groups excluding carboxylic acids is 1. The fraction of sp³-hybridized carbons (Fsp3) is 0.353. The van der Waals surface area contributed by atoms with Gasteiger partial charge in [0.15, 0.2) is 27.0 Å². The summed E-state index contributed by atoms with van der Waals surface area (Å²) in [6.07, 6.45) is -4.72. The normalized spacial score (nSPS) is 12.2. The van der Waals surface area contributed by atoms with Gasteiger partial charge < -0.3 is 9.47 Å². The van der Waals surface area contributed by atoms with Crippen LogP contribution in [0.5, 0.6) is 0 Å². The van der Waals surface area contributed by atoms with Crippen molar-refractivity contribution in [1.82, 2.24) is 29.6 Å². The number of halogens is 3. The monoisotopic (exact) mass is 459 g/mol. The molecule has 0 aliphatic rings. The molecule has 3 aromatic heterocycles. The van der Waals surface area contributed by atoms with Gasteiger partial charge in [-0.25, -0.2) is 23.2 Å². The summed E-state index contributed by atoms with van der Waals surface area (Å²) in [5.74, 6) is -0.248. The molecule has 2 amide bonds. The molecule has 3 aromatic rings. The third-order valence-electron chi connectivity index (χ3n) is 4.33. The summed E-state index contributed by atoms with van der Waals surface area (Å²) < 4.78 is 65.4. The van der Waals surface area contributed by atoms with E-state index in [0.717, 1.165) is 6.07 Å². The minimum absolute atomic E-state index is 0. The quantitative estimate of drug-likeness (QED) is 0.636. The summed E-state index contributed by atoms with van der Waals surface area (Å²) in [5.41, 5.74) is -1.49. The molecule has 14 heteroatoms. The number of urea groups is 1. The lowest BCUT2D eigenvalue weighted by atomic mass is 10.3. The molecule has 31 heavy (non-hydrogen) atoms. The molecule has 0 saturated carbocycles. The van der Waals surface area contributed by atoms with Gasteiger partial charge in [0.2, 0.25) is 0 Å². The van der Waals surface area contributed by atoms with Gasteiger partial charge in [0.25, 0.3) is 0 Å². The number of imidazole rings is 1. The summed E-state index contributed by atoms with van der Waals surface area (Å²) in [7, 11) is 0.684. The first kappa shape index (κ1) is 22.4. The van der Waals surface area contributed by atoms with E-state index in [1.807, 2.05) is 0 Å². The molecule has 0 radical (unpaired) electrons. The number of aryl methyl sites for hydroxylation is 1. The Morgan fingerprint density at radius 1 is 1.23 bits per heavy atom. The van der Waals surface area contributed by atoms with Crippen LogP contribution >= 0.6 is 0 Å². The highest BCUT2D eigenvalue weighted by Crippen LogP contribution is 2.32. The molecular weight excluding hydrogens is 439 g/mol. The second-order valence-electron chi connectivity index (χ2n) is 6.70. The average Bonchev–Trinajstić information content (AvgIpc) is 3.03. The van der Waals surface area contributed by atoms with Crippen molar-refractivity contribution < 1.29 is 27.8 Å². The summed E-state index contributed by atoms with van der Waals surface area (Å²) in [6.45, 7) is 1.44. The predicted molar refractivity (Wildman–Crippen MR) is 107 cm³/mol. The second-order valence-corrected chi connectivity index (χ2v) is 8.95. The van der Waals surface area contributed by atoms with E-state index in [1.54, 1.807) is 0 Å². The SMILES string of the molecule is CCS(=O)(=O)c1ccc(NC(=O)N(C)C)nc1-c1nc2cc(C(F)(F)F)nnc2n1C.[HH]. The first-order chi connectivity index (χ1) is 14.3. The third kappa shape index (κ3) is 4.28. The Morgan fingerprint density at radius 2 is 1.90 bits per heavy atom. The van der Waals surface area contributed by atoms with E-state index in [2.05, 4.69) is 25.5 Å². The van der Waals surface area contributed by atoms with Crippen LogP contribution in [0, 0.1) is 0 Å². The largest absolute Gasteiger partial charge is 0.435 e. The third-order valence-corrected chi connectivity index (χ3v) is 6.09. The van der Waals surface area contributed by atoms with E-state index in [1.165, 1.54) is 49.7 Å². The zero-order valence-electron chi connectivity index (χ0n) is 16.9. The Bertz CT molecular complexity index is 1280. The van der Waals surface area contributed by atoms with Crippen LogP contribution in [0.3, 0.4) is 0 Å². The Kier molecular flexibility index (Phi) is 5.60. The molecule has 10 nitrogen and oxygen atoms in total. The van der Waals surface area contributed by atoms with Crippen LogP contribution in [-0.2, 0) is 23.1 Å². The highest BCUT2D eigenvalue weighted by atomic mass is 32.2. The van der Waals surface area contributed by atoms with Gasteiger partial charge in [-0.05, 0) is 12.1 Å². The summed E-state index contributed by atoms with van der Waals surface area (Å²) in [6, 6.07) is 2.79. The van der Waals surface area contributed by atoms with Crippen LogP contribution in [0.1, 0.15) is 14.0 Å². The van der Waals surface area contributed by atoms with E-state index in [4.69, 9.17) is 0 Å². The fourth-order valence-electron chi connectivity index (χ4n) is 2.64. The zero-order chi connectivity index (χ0) is 23.1. The first-order valence-corrected chi connectivity index (χ1v) is 10.5. The predicted octanol–water partition coefficient (Wildman–Crippen LogP) is 2.58. The number of anilines is 1. The van der Waals surface area contributed by atoms with Crippen LogP contribution in [0.2, 0.25) is 0 Å². The van der Waals surface area contributed by atoms with Gasteiger partial charge in [0.05, 0.1) is 10.6 Å². The Morgan fingerprint density at radius 3 is 2.48 bits per heavy atom. The minimum atomic E-state index is -4.72. The highest BCUT2D eigenvalue weighted by molar-refractivity contribution is 7.91. The lowest BCUT2D eigenvalue weighted by Gasteiger charge is -2.14. The number of carbonyl (C=O) groups is 1. The zero-order valence-corrected chi connectivity index (χ0v) is 17.7. The lowest BCUT2D eigenvalue weighted by molar-refractivity contribution is -0.141. The van der Waals surface area contributed by atoms with Crippen LogP contribution < -0.4 is 5.32 Å². The maximum absolute atomic E-state index is 13.0. The molecule has 0 saturated heterocycles. The molecule has 0 fully saturated rings. The number of nitrogens with zero attached hydrogens (tertiary/aromatic N) is 6. The molecule has 0 spiro atoms. The summed E-state index contributed by atoms with van der Waals surface area (Å²) >= 11 is 0. The van der Waals surface area contributed by atoms with Crippen molar-refractivity contribution in [3.05, 3.63) is 23.9 Å². The topological polar surface area (TPSA) is 123 Å². The maximum atomic E-state index is 13.0. The smallest absolute Gasteiger partial charge is 0.331 e. The molecule has 0 aliphatic carbocycles. The Hall–Kier alpha value is -3.29. The number of pyridine rings is 1. The summed E-state index contributed by atoms with van der Waals surface area (Å²) in [5, 5.41) is 9.25. The molecular formula is C17H20F3N7O3S. The van der Waals surface area contributed by atoms with Crippen LogP contribution in [0.15, 0.2) is 23.1 Å². The van der Waals surface area contributed by atoms with Crippen molar-refractivity contribution in [2.75, 3.05) is 25.2 Å². The summed E-state index contributed by atoms with van der Waals surface area (Å²) in [4.78, 5) is 21.4. The van der Waals surface area contributed by atoms with Gasteiger partial charge in [0, 0.05) is 28.6 Å². The van der Waals surface area contributed by atoms with Gasteiger partial charge in [-0.3, -0.25) is 5.32 Å². The number of sulfone groups is 1. The molecule has 0 aromatic carbocycles. The van der Waals surface area contributed by atoms with Gasteiger partial charge in [-0.2, -0.15) is 13.2 Å². The number of rotatable bonds is 4. The molecule has 3 heterocycles. The second kappa shape index (κ2) is 7.76. The van der Waals surface area contributed by atoms with Gasteiger partial charge in [-0.1, -0.05) is 6.92 Å². The van der Waals surface area contributed by atoms with Gasteiger partial charge in [-0.15, -0.1) is 10.2 Å². The van der Waals surface area contributed by atoms with E-state index in [-0.39, 0.29) is 40.6 Å². The van der Waals surface area contributed by atoms with E-state index < -0.39 is 27.7 Å². The highest BCUT2D eigenvalue weighted by Gasteiger charge is 2.34. The van der Waals surface area contributed by atoms with Crippen molar-refractivity contribution in [2.24, 2.45) is 7.05 Å². The molecule has 1 N–H and O–H groups in total. The number of fused-ring (bicyclic) bond motifs is 1. The van der Waals surface area contributed by atoms with Gasteiger partial charge >= 0.3 is 12.2 Å². The number of alkyl halides is 3. The van der Waals surface area contributed by atoms with Crippen LogP contribution in [0.25, 0.3) is 22.7 Å². The molecule has 168 valence electrons. The van der Waals surface area contributed by atoms with Crippen LogP contribution in [-0.4, -0.2) is 63.9 Å². The average molecular weight is 459 g/mol. The number of hydrogen-bond acceptors (Lipinski definition) is 7. The van der Waals surface area contributed by atoms with Crippen molar-refractivity contribution in [1.29, 1.82) is 0 Å². The maximum Gasteiger partial charge on any atom is 0.435 e. The Labute approximate surface area is 176 Å². The fourth-order valence-corrected chi connectivity index (χ4v) is 3.66. The van der Waals surface area contributed by atoms with Crippen LogP contribution in [0.4, 0.5) is 23.8 Å².